The Balaban J connectivity index is 2.89. The summed E-state index contributed by atoms with van der Waals surface area (Å²) in [5.41, 5.74) is 0.988. The van der Waals surface area contributed by atoms with Gasteiger partial charge in [0.05, 0.1) is 5.92 Å². The summed E-state index contributed by atoms with van der Waals surface area (Å²) in [6.07, 6.45) is 3.52. The lowest BCUT2D eigenvalue weighted by Crippen LogP contribution is -2.05. The van der Waals surface area contributed by atoms with Crippen LogP contribution in [-0.2, 0) is 11.8 Å². The van der Waals surface area contributed by atoms with Gasteiger partial charge in [-0.3, -0.25) is 4.68 Å². The summed E-state index contributed by atoms with van der Waals surface area (Å²) in [6, 6.07) is 1.88. The molecule has 0 radical (unpaired) electrons. The maximum Gasteiger partial charge on any atom is 0.129 e. The third-order valence-electron chi connectivity index (χ3n) is 1.84. The fourth-order valence-corrected chi connectivity index (χ4v) is 1.12. The molecule has 60 valence electrons. The van der Waals surface area contributed by atoms with Crippen molar-refractivity contribution in [1.82, 2.24) is 9.78 Å². The van der Waals surface area contributed by atoms with Gasteiger partial charge in [0, 0.05) is 18.9 Å². The van der Waals surface area contributed by atoms with Gasteiger partial charge in [0.25, 0.3) is 0 Å². The zero-order valence-corrected chi connectivity index (χ0v) is 6.82. The summed E-state index contributed by atoms with van der Waals surface area (Å²) < 4.78 is 1.74. The zero-order chi connectivity index (χ0) is 8.27. The summed E-state index contributed by atoms with van der Waals surface area (Å²) in [5, 5.41) is 3.99. The van der Waals surface area contributed by atoms with Gasteiger partial charge in [-0.1, -0.05) is 6.92 Å². The van der Waals surface area contributed by atoms with Crippen LogP contribution in [0.2, 0.25) is 0 Å². The highest BCUT2D eigenvalue weighted by molar-refractivity contribution is 5.60. The van der Waals surface area contributed by atoms with E-state index in [1.54, 1.807) is 10.9 Å². The number of carbonyl (C=O) groups excluding carboxylic acids is 1. The summed E-state index contributed by atoms with van der Waals surface area (Å²) in [4.78, 5) is 10.5. The molecule has 1 aromatic heterocycles. The molecule has 0 saturated heterocycles. The van der Waals surface area contributed by atoms with E-state index in [1.807, 2.05) is 20.0 Å². The number of aryl methyl sites for hydroxylation is 1. The minimum absolute atomic E-state index is 0.00231. The summed E-state index contributed by atoms with van der Waals surface area (Å²) in [7, 11) is 1.85. The lowest BCUT2D eigenvalue weighted by atomic mass is 10.1. The highest BCUT2D eigenvalue weighted by Gasteiger charge is 2.10. The van der Waals surface area contributed by atoms with E-state index in [9.17, 15) is 4.79 Å². The second-order valence-electron chi connectivity index (χ2n) is 2.53. The molecule has 3 nitrogen and oxygen atoms in total. The number of aromatic nitrogens is 2. The highest BCUT2D eigenvalue weighted by Crippen LogP contribution is 2.14. The van der Waals surface area contributed by atoms with Crippen molar-refractivity contribution in [3.63, 3.8) is 0 Å². The topological polar surface area (TPSA) is 34.9 Å². The molecular formula is C8H12N2O. The molecule has 0 bridgehead atoms. The molecule has 11 heavy (non-hydrogen) atoms. The molecule has 3 heteroatoms. The first-order chi connectivity index (χ1) is 5.29. The van der Waals surface area contributed by atoms with Crippen LogP contribution in [0.15, 0.2) is 12.3 Å². The third kappa shape index (κ3) is 1.48. The van der Waals surface area contributed by atoms with E-state index in [0.717, 1.165) is 18.4 Å². The van der Waals surface area contributed by atoms with Crippen LogP contribution in [0.5, 0.6) is 0 Å². The van der Waals surface area contributed by atoms with E-state index in [0.29, 0.717) is 0 Å². The molecule has 0 saturated carbocycles. The molecule has 1 atom stereocenters. The fourth-order valence-electron chi connectivity index (χ4n) is 1.12. The molecule has 0 fully saturated rings. The summed E-state index contributed by atoms with van der Waals surface area (Å²) in [5.74, 6) is 0.00231. The zero-order valence-electron chi connectivity index (χ0n) is 6.82. The Morgan fingerprint density at radius 1 is 1.82 bits per heavy atom. The Labute approximate surface area is 66.0 Å². The van der Waals surface area contributed by atoms with Crippen molar-refractivity contribution in [2.45, 2.75) is 19.3 Å². The second kappa shape index (κ2) is 3.32. The molecule has 0 amide bonds. The lowest BCUT2D eigenvalue weighted by Gasteiger charge is -2.06. The molecule has 0 N–H and O–H groups in total. The average molecular weight is 152 g/mol. The van der Waals surface area contributed by atoms with Crippen molar-refractivity contribution in [2.24, 2.45) is 7.05 Å². The van der Waals surface area contributed by atoms with Crippen LogP contribution in [0.3, 0.4) is 0 Å². The van der Waals surface area contributed by atoms with E-state index in [-0.39, 0.29) is 5.92 Å². The predicted octanol–water partition coefficient (Wildman–Crippen LogP) is 1.11. The van der Waals surface area contributed by atoms with Crippen molar-refractivity contribution in [3.05, 3.63) is 18.0 Å². The van der Waals surface area contributed by atoms with Gasteiger partial charge in [0.15, 0.2) is 0 Å². The Hall–Kier alpha value is -1.12. The van der Waals surface area contributed by atoms with Gasteiger partial charge >= 0.3 is 0 Å². The van der Waals surface area contributed by atoms with Crippen LogP contribution in [0.4, 0.5) is 0 Å². The number of rotatable bonds is 3. The Bertz CT molecular complexity index is 242. The smallest absolute Gasteiger partial charge is 0.129 e. The van der Waals surface area contributed by atoms with Gasteiger partial charge in [-0.15, -0.1) is 0 Å². The standard InChI is InChI=1S/C8H12N2O/c1-3-7(6-11)8-4-5-9-10(8)2/h4-7H,3H2,1-2H3. The van der Waals surface area contributed by atoms with Crippen molar-refractivity contribution in [3.8, 4) is 0 Å². The van der Waals surface area contributed by atoms with E-state index >= 15 is 0 Å². The van der Waals surface area contributed by atoms with Gasteiger partial charge < -0.3 is 4.79 Å². The predicted molar refractivity (Wildman–Crippen MR) is 42.3 cm³/mol. The normalized spacial score (nSPS) is 12.9. The van der Waals surface area contributed by atoms with Crippen LogP contribution in [0.1, 0.15) is 25.0 Å². The van der Waals surface area contributed by atoms with Crippen LogP contribution in [-0.4, -0.2) is 16.1 Å². The van der Waals surface area contributed by atoms with Crippen molar-refractivity contribution >= 4 is 6.29 Å². The Morgan fingerprint density at radius 3 is 2.91 bits per heavy atom. The monoisotopic (exact) mass is 152 g/mol. The number of aldehydes is 1. The number of hydrogen-bond donors (Lipinski definition) is 0. The fraction of sp³-hybridized carbons (Fsp3) is 0.500. The van der Waals surface area contributed by atoms with E-state index < -0.39 is 0 Å². The van der Waals surface area contributed by atoms with Gasteiger partial charge in [-0.05, 0) is 12.5 Å². The molecule has 0 aromatic carbocycles. The van der Waals surface area contributed by atoms with Crippen molar-refractivity contribution in [1.29, 1.82) is 0 Å². The highest BCUT2D eigenvalue weighted by atomic mass is 16.1. The molecule has 0 spiro atoms. The van der Waals surface area contributed by atoms with Crippen LogP contribution < -0.4 is 0 Å². The minimum atomic E-state index is 0.00231. The maximum absolute atomic E-state index is 10.5. The van der Waals surface area contributed by atoms with Crippen molar-refractivity contribution in [2.75, 3.05) is 0 Å². The first-order valence-corrected chi connectivity index (χ1v) is 3.72. The molecule has 0 aliphatic carbocycles. The molecule has 0 aliphatic heterocycles. The molecule has 0 aliphatic rings. The largest absolute Gasteiger partial charge is 0.303 e. The summed E-state index contributed by atoms with van der Waals surface area (Å²) >= 11 is 0. The third-order valence-corrected chi connectivity index (χ3v) is 1.84. The molecule has 1 unspecified atom stereocenters. The first kappa shape index (κ1) is 7.98. The van der Waals surface area contributed by atoms with E-state index in [4.69, 9.17) is 0 Å². The molecule has 1 heterocycles. The summed E-state index contributed by atoms with van der Waals surface area (Å²) in [6.45, 7) is 1.99. The lowest BCUT2D eigenvalue weighted by molar-refractivity contribution is -0.109. The quantitative estimate of drug-likeness (QED) is 0.608. The van der Waals surface area contributed by atoms with Crippen molar-refractivity contribution < 1.29 is 4.79 Å². The Kier molecular flexibility index (Phi) is 2.41. The number of hydrogen-bond acceptors (Lipinski definition) is 2. The van der Waals surface area contributed by atoms with Crippen LogP contribution in [0.25, 0.3) is 0 Å². The molecule has 1 aromatic rings. The maximum atomic E-state index is 10.5. The Morgan fingerprint density at radius 2 is 2.55 bits per heavy atom. The minimum Gasteiger partial charge on any atom is -0.303 e. The van der Waals surface area contributed by atoms with E-state index in [1.165, 1.54) is 0 Å². The van der Waals surface area contributed by atoms with E-state index in [2.05, 4.69) is 5.10 Å². The second-order valence-corrected chi connectivity index (χ2v) is 2.53. The van der Waals surface area contributed by atoms with Gasteiger partial charge in [0.1, 0.15) is 6.29 Å². The van der Waals surface area contributed by atoms with Crippen LogP contribution >= 0.6 is 0 Å². The first-order valence-electron chi connectivity index (χ1n) is 3.72. The SMILES string of the molecule is CCC(C=O)c1ccnn1C. The average Bonchev–Trinajstić information content (AvgIpc) is 2.40. The van der Waals surface area contributed by atoms with Gasteiger partial charge in [-0.2, -0.15) is 5.10 Å². The molecular weight excluding hydrogens is 140 g/mol. The van der Waals surface area contributed by atoms with Gasteiger partial charge in [-0.25, -0.2) is 0 Å². The van der Waals surface area contributed by atoms with Crippen LogP contribution in [0, 0.1) is 0 Å². The number of carbonyl (C=O) groups is 1. The number of nitrogens with zero attached hydrogens (tertiary/aromatic N) is 2. The van der Waals surface area contributed by atoms with Gasteiger partial charge in [0.2, 0.25) is 0 Å². The molecule has 1 rings (SSSR count).